The van der Waals surface area contributed by atoms with Gasteiger partial charge >= 0.3 is 0 Å². The van der Waals surface area contributed by atoms with Crippen molar-refractivity contribution in [3.05, 3.63) is 33.2 Å². The van der Waals surface area contributed by atoms with Crippen LogP contribution in [-0.2, 0) is 4.74 Å². The second-order valence-corrected chi connectivity index (χ2v) is 5.92. The van der Waals surface area contributed by atoms with Crippen LogP contribution in [0.25, 0.3) is 0 Å². The molecule has 7 nitrogen and oxygen atoms in total. The van der Waals surface area contributed by atoms with Crippen molar-refractivity contribution < 1.29 is 4.74 Å². The molecule has 2 unspecified atom stereocenters. The van der Waals surface area contributed by atoms with Gasteiger partial charge in [0.2, 0.25) is 5.13 Å². The summed E-state index contributed by atoms with van der Waals surface area (Å²) in [5.74, 6) is 0. The van der Waals surface area contributed by atoms with Gasteiger partial charge in [-0.1, -0.05) is 11.3 Å². The predicted octanol–water partition coefficient (Wildman–Crippen LogP) is 0.764. The number of rotatable bonds is 3. The van der Waals surface area contributed by atoms with Crippen LogP contribution in [0.2, 0.25) is 0 Å². The van der Waals surface area contributed by atoms with Gasteiger partial charge in [-0.25, -0.2) is 4.68 Å². The normalized spacial score (nSPS) is 22.1. The lowest BCUT2D eigenvalue weighted by molar-refractivity contribution is 0.182. The maximum Gasteiger partial charge on any atom is 0.267 e. The molecule has 0 aromatic carbocycles. The van der Waals surface area contributed by atoms with Gasteiger partial charge in [0.1, 0.15) is 11.0 Å². The molecule has 3 rings (SSSR count). The number of aromatic nitrogens is 4. The smallest absolute Gasteiger partial charge is 0.267 e. The summed E-state index contributed by atoms with van der Waals surface area (Å²) in [5, 5.41) is 17.2. The zero-order valence-electron chi connectivity index (χ0n) is 11.2. The summed E-state index contributed by atoms with van der Waals surface area (Å²) in [6.07, 6.45) is 0. The third-order valence-electron chi connectivity index (χ3n) is 3.16. The van der Waals surface area contributed by atoms with E-state index in [0.717, 1.165) is 15.8 Å². The lowest BCUT2D eigenvalue weighted by Gasteiger charge is -2.19. The van der Waals surface area contributed by atoms with Gasteiger partial charge in [-0.3, -0.25) is 4.79 Å². The first-order chi connectivity index (χ1) is 9.63. The fourth-order valence-corrected chi connectivity index (χ4v) is 2.85. The summed E-state index contributed by atoms with van der Waals surface area (Å²) in [5.41, 5.74) is 0.688. The number of hydrogen-bond acceptors (Lipinski definition) is 7. The molecule has 1 fully saturated rings. The number of ether oxygens (including phenoxy) is 1. The Bertz CT molecular complexity index is 668. The van der Waals surface area contributed by atoms with E-state index < -0.39 is 0 Å². The third-order valence-corrected chi connectivity index (χ3v) is 3.93. The van der Waals surface area contributed by atoms with Gasteiger partial charge in [0.05, 0.1) is 24.9 Å². The van der Waals surface area contributed by atoms with Crippen LogP contribution in [0.15, 0.2) is 16.9 Å². The first-order valence-corrected chi connectivity index (χ1v) is 7.16. The second-order valence-electron chi connectivity index (χ2n) is 4.74. The summed E-state index contributed by atoms with van der Waals surface area (Å²) in [6.45, 7) is 4.75. The number of nitrogens with zero attached hydrogens (tertiary/aromatic N) is 4. The molecule has 0 saturated carbocycles. The Morgan fingerprint density at radius 1 is 1.35 bits per heavy atom. The maximum absolute atomic E-state index is 12.0. The number of anilines is 1. The minimum Gasteiger partial charge on any atom is -0.377 e. The minimum absolute atomic E-state index is 0.0330. The lowest BCUT2D eigenvalue weighted by Crippen LogP contribution is -2.37. The number of aryl methyl sites for hydroxylation is 2. The number of hydrogen-bond donors (Lipinski definition) is 1. The van der Waals surface area contributed by atoms with E-state index in [2.05, 4.69) is 20.6 Å². The molecule has 20 heavy (non-hydrogen) atoms. The Morgan fingerprint density at radius 2 is 2.20 bits per heavy atom. The topological polar surface area (TPSA) is 81.9 Å². The van der Waals surface area contributed by atoms with Crippen LogP contribution in [0.4, 0.5) is 5.13 Å². The molecule has 1 saturated heterocycles. The molecular formula is C12H15N5O2S. The zero-order chi connectivity index (χ0) is 14.1. The van der Waals surface area contributed by atoms with Crippen molar-refractivity contribution in [3.63, 3.8) is 0 Å². The van der Waals surface area contributed by atoms with Crippen molar-refractivity contribution in [2.75, 3.05) is 18.5 Å². The molecular weight excluding hydrogens is 278 g/mol. The van der Waals surface area contributed by atoms with Crippen LogP contribution in [0, 0.1) is 13.8 Å². The van der Waals surface area contributed by atoms with E-state index in [1.165, 1.54) is 22.1 Å². The van der Waals surface area contributed by atoms with Crippen LogP contribution in [0.5, 0.6) is 0 Å². The highest BCUT2D eigenvalue weighted by molar-refractivity contribution is 7.15. The van der Waals surface area contributed by atoms with Gasteiger partial charge in [-0.05, 0) is 19.9 Å². The van der Waals surface area contributed by atoms with Crippen molar-refractivity contribution >= 4 is 16.5 Å². The van der Waals surface area contributed by atoms with E-state index in [4.69, 9.17) is 4.74 Å². The van der Waals surface area contributed by atoms with Crippen LogP contribution in [0.3, 0.4) is 0 Å². The zero-order valence-corrected chi connectivity index (χ0v) is 12.1. The number of nitrogens with one attached hydrogen (secondary N) is 1. The molecule has 0 radical (unpaired) electrons. The van der Waals surface area contributed by atoms with E-state index in [-0.39, 0.29) is 17.6 Å². The van der Waals surface area contributed by atoms with Gasteiger partial charge < -0.3 is 10.1 Å². The first-order valence-electron chi connectivity index (χ1n) is 6.34. The van der Waals surface area contributed by atoms with E-state index in [1.54, 1.807) is 6.07 Å². The Labute approximate surface area is 119 Å². The van der Waals surface area contributed by atoms with Gasteiger partial charge in [0, 0.05) is 6.07 Å². The Hall–Kier alpha value is -1.80. The summed E-state index contributed by atoms with van der Waals surface area (Å²) >= 11 is 1.48. The quantitative estimate of drug-likeness (QED) is 0.900. The SMILES string of the molecule is Cc1ccc(=O)n(C2COCC2Nc2nnc(C)s2)n1. The molecule has 8 heteroatoms. The van der Waals surface area contributed by atoms with Crippen molar-refractivity contribution in [1.29, 1.82) is 0 Å². The van der Waals surface area contributed by atoms with E-state index in [1.807, 2.05) is 13.8 Å². The average Bonchev–Trinajstić information content (AvgIpc) is 3.02. The van der Waals surface area contributed by atoms with Crippen molar-refractivity contribution in [2.45, 2.75) is 25.9 Å². The molecule has 1 aliphatic rings. The standard InChI is InChI=1S/C12H15N5O2S/c1-7-3-4-11(18)17(16-7)10-6-19-5-9(10)13-12-15-14-8(2)20-12/h3-4,9-10H,5-6H2,1-2H3,(H,13,15). The molecule has 1 aliphatic heterocycles. The molecule has 0 amide bonds. The fraction of sp³-hybridized carbons (Fsp3) is 0.500. The monoisotopic (exact) mass is 293 g/mol. The van der Waals surface area contributed by atoms with Crippen LogP contribution in [0.1, 0.15) is 16.7 Å². The van der Waals surface area contributed by atoms with Crippen LogP contribution in [-0.4, -0.2) is 39.2 Å². The lowest BCUT2D eigenvalue weighted by atomic mass is 10.2. The Kier molecular flexibility index (Phi) is 3.49. The Morgan fingerprint density at radius 3 is 2.95 bits per heavy atom. The van der Waals surface area contributed by atoms with Gasteiger partial charge in [-0.15, -0.1) is 10.2 Å². The molecule has 2 aromatic rings. The summed E-state index contributed by atoms with van der Waals surface area (Å²) in [7, 11) is 0. The molecule has 1 N–H and O–H groups in total. The average molecular weight is 293 g/mol. The van der Waals surface area contributed by atoms with Crippen molar-refractivity contribution in [2.24, 2.45) is 0 Å². The molecule has 0 spiro atoms. The highest BCUT2D eigenvalue weighted by Crippen LogP contribution is 2.23. The van der Waals surface area contributed by atoms with Crippen LogP contribution < -0.4 is 10.9 Å². The highest BCUT2D eigenvalue weighted by Gasteiger charge is 2.32. The fourth-order valence-electron chi connectivity index (χ4n) is 2.19. The summed E-state index contributed by atoms with van der Waals surface area (Å²) in [6, 6.07) is 3.08. The third kappa shape index (κ3) is 2.56. The van der Waals surface area contributed by atoms with Crippen molar-refractivity contribution in [3.8, 4) is 0 Å². The maximum atomic E-state index is 12.0. The molecule has 2 aromatic heterocycles. The van der Waals surface area contributed by atoms with Crippen molar-refractivity contribution in [1.82, 2.24) is 20.0 Å². The first kappa shape index (κ1) is 13.2. The largest absolute Gasteiger partial charge is 0.377 e. The van der Waals surface area contributed by atoms with E-state index in [9.17, 15) is 4.79 Å². The van der Waals surface area contributed by atoms with E-state index >= 15 is 0 Å². The van der Waals surface area contributed by atoms with E-state index in [0.29, 0.717) is 13.2 Å². The minimum atomic E-state index is -0.133. The van der Waals surface area contributed by atoms with Crippen LogP contribution >= 0.6 is 11.3 Å². The Balaban J connectivity index is 1.85. The predicted molar refractivity (Wildman–Crippen MR) is 75.1 cm³/mol. The second kappa shape index (κ2) is 5.29. The molecule has 0 aliphatic carbocycles. The van der Waals surface area contributed by atoms with Gasteiger partial charge in [0.15, 0.2) is 0 Å². The van der Waals surface area contributed by atoms with Gasteiger partial charge in [-0.2, -0.15) is 5.10 Å². The van der Waals surface area contributed by atoms with Gasteiger partial charge in [0.25, 0.3) is 5.56 Å². The molecule has 3 heterocycles. The molecule has 2 atom stereocenters. The molecule has 0 bridgehead atoms. The molecule has 106 valence electrons. The summed E-state index contributed by atoms with van der Waals surface area (Å²) in [4.78, 5) is 12.0. The highest BCUT2D eigenvalue weighted by atomic mass is 32.1. The summed E-state index contributed by atoms with van der Waals surface area (Å²) < 4.78 is 6.99.